The molecule has 3 aromatic rings. The number of anilines is 1. The molecule has 152 valence electrons. The van der Waals surface area contributed by atoms with Gasteiger partial charge in [-0.1, -0.05) is 36.4 Å². The number of ether oxygens (including phenoxy) is 2. The SMILES string of the molecule is COc1cc(CNS(=O)(=O)c2ccc(N)cc2)ccc1OCCc1ccccc1. The molecule has 0 aliphatic rings. The highest BCUT2D eigenvalue weighted by molar-refractivity contribution is 7.89. The molecule has 3 rings (SSSR count). The maximum atomic E-state index is 12.4. The number of nitrogens with two attached hydrogens (primary N) is 1. The summed E-state index contributed by atoms with van der Waals surface area (Å²) in [6, 6.07) is 21.5. The normalized spacial score (nSPS) is 11.2. The predicted octanol–water partition coefficient (Wildman–Crippen LogP) is 3.38. The van der Waals surface area contributed by atoms with Crippen LogP contribution < -0.4 is 19.9 Å². The molecule has 3 N–H and O–H groups in total. The maximum Gasteiger partial charge on any atom is 0.240 e. The van der Waals surface area contributed by atoms with E-state index in [1.54, 1.807) is 31.4 Å². The van der Waals surface area contributed by atoms with E-state index in [1.807, 2.05) is 24.3 Å². The van der Waals surface area contributed by atoms with Gasteiger partial charge >= 0.3 is 0 Å². The zero-order valence-electron chi connectivity index (χ0n) is 16.2. The van der Waals surface area contributed by atoms with Crippen molar-refractivity contribution >= 4 is 15.7 Å². The van der Waals surface area contributed by atoms with Crippen LogP contribution in [0.1, 0.15) is 11.1 Å². The van der Waals surface area contributed by atoms with Crippen LogP contribution in [0.15, 0.2) is 77.7 Å². The van der Waals surface area contributed by atoms with Gasteiger partial charge in [-0.15, -0.1) is 0 Å². The average Bonchev–Trinajstić information content (AvgIpc) is 2.74. The molecule has 0 heterocycles. The minimum Gasteiger partial charge on any atom is -0.493 e. The van der Waals surface area contributed by atoms with Crippen LogP contribution in [0.2, 0.25) is 0 Å². The Bertz CT molecular complexity index is 1040. The minimum absolute atomic E-state index is 0.132. The topological polar surface area (TPSA) is 90.7 Å². The molecule has 0 fully saturated rings. The summed E-state index contributed by atoms with van der Waals surface area (Å²) < 4.78 is 38.6. The van der Waals surface area contributed by atoms with Crippen molar-refractivity contribution in [3.05, 3.63) is 83.9 Å². The third kappa shape index (κ3) is 5.73. The van der Waals surface area contributed by atoms with Gasteiger partial charge < -0.3 is 15.2 Å². The summed E-state index contributed by atoms with van der Waals surface area (Å²) in [5.41, 5.74) is 8.07. The molecule has 0 spiro atoms. The monoisotopic (exact) mass is 412 g/mol. The summed E-state index contributed by atoms with van der Waals surface area (Å²) in [6.45, 7) is 0.650. The van der Waals surface area contributed by atoms with Crippen molar-refractivity contribution in [2.24, 2.45) is 0 Å². The van der Waals surface area contributed by atoms with Crippen molar-refractivity contribution in [3.63, 3.8) is 0 Å². The molecule has 6 nitrogen and oxygen atoms in total. The van der Waals surface area contributed by atoms with Crippen LogP contribution in [0, 0.1) is 0 Å². The van der Waals surface area contributed by atoms with E-state index in [4.69, 9.17) is 15.2 Å². The van der Waals surface area contributed by atoms with Gasteiger partial charge in [-0.2, -0.15) is 0 Å². The lowest BCUT2D eigenvalue weighted by molar-refractivity contribution is 0.297. The summed E-state index contributed by atoms with van der Waals surface area (Å²) in [5.74, 6) is 1.18. The smallest absolute Gasteiger partial charge is 0.240 e. The molecular formula is C22H24N2O4S. The largest absolute Gasteiger partial charge is 0.493 e. The predicted molar refractivity (Wildman–Crippen MR) is 114 cm³/mol. The van der Waals surface area contributed by atoms with Crippen molar-refractivity contribution in [2.75, 3.05) is 19.5 Å². The second-order valence-electron chi connectivity index (χ2n) is 6.46. The van der Waals surface area contributed by atoms with Gasteiger partial charge in [0.1, 0.15) is 0 Å². The van der Waals surface area contributed by atoms with Gasteiger partial charge in [-0.05, 0) is 47.5 Å². The highest BCUT2D eigenvalue weighted by Gasteiger charge is 2.14. The lowest BCUT2D eigenvalue weighted by atomic mass is 10.2. The number of hydrogen-bond acceptors (Lipinski definition) is 5. The fourth-order valence-corrected chi connectivity index (χ4v) is 3.79. The molecule has 0 amide bonds. The van der Waals surface area contributed by atoms with Crippen LogP contribution in [0.25, 0.3) is 0 Å². The maximum absolute atomic E-state index is 12.4. The van der Waals surface area contributed by atoms with Gasteiger partial charge in [-0.3, -0.25) is 0 Å². The fraction of sp³-hybridized carbons (Fsp3) is 0.182. The first-order valence-electron chi connectivity index (χ1n) is 9.17. The van der Waals surface area contributed by atoms with Crippen molar-refractivity contribution in [2.45, 2.75) is 17.9 Å². The number of benzene rings is 3. The molecule has 7 heteroatoms. The fourth-order valence-electron chi connectivity index (χ4n) is 2.77. The quantitative estimate of drug-likeness (QED) is 0.526. The summed E-state index contributed by atoms with van der Waals surface area (Å²) in [5, 5.41) is 0. The Morgan fingerprint density at radius 2 is 1.62 bits per heavy atom. The van der Waals surface area contributed by atoms with Crippen LogP contribution in [0.5, 0.6) is 11.5 Å². The van der Waals surface area contributed by atoms with Gasteiger partial charge in [-0.25, -0.2) is 13.1 Å². The van der Waals surface area contributed by atoms with Crippen molar-refractivity contribution < 1.29 is 17.9 Å². The van der Waals surface area contributed by atoms with E-state index in [0.717, 1.165) is 12.0 Å². The third-order valence-electron chi connectivity index (χ3n) is 4.38. The first-order valence-corrected chi connectivity index (χ1v) is 10.6. The number of nitrogens with one attached hydrogen (secondary N) is 1. The van der Waals surface area contributed by atoms with E-state index < -0.39 is 10.0 Å². The van der Waals surface area contributed by atoms with Crippen LogP contribution in [0.4, 0.5) is 5.69 Å². The van der Waals surface area contributed by atoms with Crippen molar-refractivity contribution in [3.8, 4) is 11.5 Å². The zero-order chi connectivity index (χ0) is 20.7. The number of rotatable bonds is 9. The molecule has 29 heavy (non-hydrogen) atoms. The first-order chi connectivity index (χ1) is 14.0. The Labute approximate surface area is 171 Å². The minimum atomic E-state index is -3.63. The van der Waals surface area contributed by atoms with Crippen molar-refractivity contribution in [1.29, 1.82) is 0 Å². The van der Waals surface area contributed by atoms with Gasteiger partial charge in [0.05, 0.1) is 18.6 Å². The van der Waals surface area contributed by atoms with Gasteiger partial charge in [0.15, 0.2) is 11.5 Å². The third-order valence-corrected chi connectivity index (χ3v) is 5.79. The van der Waals surface area contributed by atoms with E-state index in [9.17, 15) is 8.42 Å². The summed E-state index contributed by atoms with van der Waals surface area (Å²) in [7, 11) is -2.07. The molecular weight excluding hydrogens is 388 g/mol. The molecule has 0 radical (unpaired) electrons. The zero-order valence-corrected chi connectivity index (χ0v) is 17.0. The molecule has 0 aliphatic carbocycles. The van der Waals surface area contributed by atoms with Gasteiger partial charge in [0.25, 0.3) is 0 Å². The highest BCUT2D eigenvalue weighted by Crippen LogP contribution is 2.28. The number of nitrogen functional groups attached to an aromatic ring is 1. The molecule has 0 saturated carbocycles. The second-order valence-corrected chi connectivity index (χ2v) is 8.23. The standard InChI is InChI=1S/C22H24N2O4S/c1-27-22-15-18(16-24-29(25,26)20-10-8-19(23)9-11-20)7-12-21(22)28-14-13-17-5-3-2-4-6-17/h2-12,15,24H,13-14,16,23H2,1H3. The van der Waals surface area contributed by atoms with E-state index in [0.29, 0.717) is 23.8 Å². The Balaban J connectivity index is 1.61. The first kappa shape index (κ1) is 20.7. The Hall–Kier alpha value is -3.03. The van der Waals surface area contributed by atoms with E-state index in [1.165, 1.54) is 17.7 Å². The Morgan fingerprint density at radius 3 is 2.31 bits per heavy atom. The van der Waals surface area contributed by atoms with E-state index in [2.05, 4.69) is 16.9 Å². The second kappa shape index (κ2) is 9.45. The number of sulfonamides is 1. The molecule has 0 saturated heterocycles. The summed E-state index contributed by atoms with van der Waals surface area (Å²) in [6.07, 6.45) is 0.785. The van der Waals surface area contributed by atoms with E-state index >= 15 is 0 Å². The molecule has 0 atom stereocenters. The molecule has 3 aromatic carbocycles. The summed E-state index contributed by atoms with van der Waals surface area (Å²) in [4.78, 5) is 0.166. The van der Waals surface area contributed by atoms with Crippen molar-refractivity contribution in [1.82, 2.24) is 4.72 Å². The van der Waals surface area contributed by atoms with Gasteiger partial charge in [0, 0.05) is 18.7 Å². The Kier molecular flexibility index (Phi) is 6.74. The molecule has 0 bridgehead atoms. The molecule has 0 unspecified atom stereocenters. The molecule has 0 aliphatic heterocycles. The molecule has 0 aromatic heterocycles. The summed E-state index contributed by atoms with van der Waals surface area (Å²) >= 11 is 0. The van der Waals surface area contributed by atoms with Crippen LogP contribution in [-0.2, 0) is 23.0 Å². The number of methoxy groups -OCH3 is 1. The van der Waals surface area contributed by atoms with E-state index in [-0.39, 0.29) is 11.4 Å². The lowest BCUT2D eigenvalue weighted by Gasteiger charge is -2.13. The Morgan fingerprint density at radius 1 is 0.897 bits per heavy atom. The highest BCUT2D eigenvalue weighted by atomic mass is 32.2. The number of hydrogen-bond donors (Lipinski definition) is 2. The van der Waals surface area contributed by atoms with Crippen LogP contribution in [-0.4, -0.2) is 22.1 Å². The average molecular weight is 413 g/mol. The lowest BCUT2D eigenvalue weighted by Crippen LogP contribution is -2.23. The van der Waals surface area contributed by atoms with Crippen LogP contribution in [0.3, 0.4) is 0 Å². The van der Waals surface area contributed by atoms with Gasteiger partial charge in [0.2, 0.25) is 10.0 Å². The van der Waals surface area contributed by atoms with Crippen LogP contribution >= 0.6 is 0 Å².